The number of aromatic nitrogens is 2. The van der Waals surface area contributed by atoms with Crippen LogP contribution >= 0.6 is 0 Å². The second-order valence-electron chi connectivity index (χ2n) is 11.6. The number of hydrogen-bond donors (Lipinski definition) is 3. The third-order valence-electron chi connectivity index (χ3n) is 7.54. The summed E-state index contributed by atoms with van der Waals surface area (Å²) in [5.41, 5.74) is 4.54. The van der Waals surface area contributed by atoms with Crippen molar-refractivity contribution in [1.82, 2.24) is 20.4 Å². The van der Waals surface area contributed by atoms with Crippen LogP contribution in [0.15, 0.2) is 12.3 Å². The lowest BCUT2D eigenvalue weighted by Gasteiger charge is -2.58. The summed E-state index contributed by atoms with van der Waals surface area (Å²) < 4.78 is 18.0. The Morgan fingerprint density at radius 1 is 1.24 bits per heavy atom. The summed E-state index contributed by atoms with van der Waals surface area (Å²) in [4.78, 5) is 37.0. The molecule has 0 aromatic carbocycles. The summed E-state index contributed by atoms with van der Waals surface area (Å²) in [6.07, 6.45) is 8.35. The summed E-state index contributed by atoms with van der Waals surface area (Å²) in [6.45, 7) is 7.42. The fraction of sp³-hybridized carbons (Fsp3) is 0.692. The van der Waals surface area contributed by atoms with Crippen LogP contribution in [0.2, 0.25) is 0 Å². The van der Waals surface area contributed by atoms with E-state index in [1.165, 1.54) is 18.0 Å². The Kier molecular flexibility index (Phi) is 7.55. The zero-order valence-electron chi connectivity index (χ0n) is 22.3. The van der Waals surface area contributed by atoms with Gasteiger partial charge in [-0.2, -0.15) is 5.10 Å². The van der Waals surface area contributed by atoms with Crippen LogP contribution in [0.3, 0.4) is 0 Å². The number of ether oxygens (including phenoxy) is 3. The Bertz CT molecular complexity index is 1050. The van der Waals surface area contributed by atoms with Crippen molar-refractivity contribution in [3.8, 4) is 5.88 Å². The molecule has 37 heavy (non-hydrogen) atoms. The van der Waals surface area contributed by atoms with Gasteiger partial charge in [0.1, 0.15) is 17.8 Å². The van der Waals surface area contributed by atoms with E-state index in [2.05, 4.69) is 15.7 Å². The minimum absolute atomic E-state index is 0.00521. The highest BCUT2D eigenvalue weighted by atomic mass is 16.6. The van der Waals surface area contributed by atoms with Crippen molar-refractivity contribution >= 4 is 24.1 Å². The number of methoxy groups -OCH3 is 1. The highest BCUT2D eigenvalue weighted by molar-refractivity contribution is 5.96. The highest BCUT2D eigenvalue weighted by Crippen LogP contribution is 2.57. The topological polar surface area (TPSA) is 147 Å². The molecule has 4 aliphatic carbocycles. The first-order valence-corrected chi connectivity index (χ1v) is 12.9. The number of rotatable bonds is 10. The molecule has 0 spiro atoms. The minimum atomic E-state index is -0.722. The van der Waals surface area contributed by atoms with Gasteiger partial charge in [-0.05, 0) is 83.6 Å². The molecule has 11 nitrogen and oxygen atoms in total. The molecular formula is C26H39N5O6. The van der Waals surface area contributed by atoms with Gasteiger partial charge in [0.25, 0.3) is 5.91 Å². The molecule has 5 rings (SSSR count). The number of hydrogen-bond acceptors (Lipinski definition) is 7. The van der Waals surface area contributed by atoms with Crippen LogP contribution in [-0.4, -0.2) is 64.7 Å². The summed E-state index contributed by atoms with van der Waals surface area (Å²) in [6, 6.07) is -0.00521. The largest absolute Gasteiger partial charge is 0.474 e. The predicted octanol–water partition coefficient (Wildman–Crippen LogP) is 2.45. The van der Waals surface area contributed by atoms with Gasteiger partial charge in [0.05, 0.1) is 17.8 Å². The molecule has 1 heterocycles. The third-order valence-corrected chi connectivity index (χ3v) is 7.54. The van der Waals surface area contributed by atoms with Gasteiger partial charge in [0.2, 0.25) is 11.8 Å². The quantitative estimate of drug-likeness (QED) is 0.432. The minimum Gasteiger partial charge on any atom is -0.474 e. The lowest BCUT2D eigenvalue weighted by Crippen LogP contribution is -2.63. The van der Waals surface area contributed by atoms with Crippen LogP contribution in [-0.2, 0) is 14.3 Å². The van der Waals surface area contributed by atoms with E-state index in [9.17, 15) is 14.4 Å². The number of carbonyl (C=O) groups is 3. The van der Waals surface area contributed by atoms with Gasteiger partial charge in [-0.3, -0.25) is 9.59 Å². The number of nitrogens with zero attached hydrogens (tertiary/aromatic N) is 2. The van der Waals surface area contributed by atoms with Crippen LogP contribution in [0.4, 0.5) is 4.79 Å². The van der Waals surface area contributed by atoms with Crippen LogP contribution < -0.4 is 21.1 Å². The Hall–Kier alpha value is -3.08. The summed E-state index contributed by atoms with van der Waals surface area (Å²) in [5.74, 6) is 0.803. The van der Waals surface area contributed by atoms with Crippen LogP contribution in [0, 0.1) is 17.8 Å². The zero-order valence-corrected chi connectivity index (χ0v) is 22.3. The van der Waals surface area contributed by atoms with E-state index in [1.807, 2.05) is 27.7 Å². The molecule has 0 aliphatic heterocycles. The molecule has 4 bridgehead atoms. The second-order valence-corrected chi connectivity index (χ2v) is 11.6. The van der Waals surface area contributed by atoms with Crippen LogP contribution in [0.25, 0.3) is 6.20 Å². The first-order valence-electron chi connectivity index (χ1n) is 12.9. The Morgan fingerprint density at radius 2 is 1.92 bits per heavy atom. The Balaban J connectivity index is 1.50. The van der Waals surface area contributed by atoms with Gasteiger partial charge in [-0.1, -0.05) is 0 Å². The molecule has 2 atom stereocenters. The number of primary amides is 1. The molecule has 1 aromatic heterocycles. The van der Waals surface area contributed by atoms with E-state index in [0.29, 0.717) is 17.4 Å². The van der Waals surface area contributed by atoms with Crippen molar-refractivity contribution in [2.45, 2.75) is 83.1 Å². The standard InChI is InChI=1S/C26H39N5O6/c1-15(2)36-23-19(13-28-31(23)7-6-25(3,4)30-20(32)14-35-5)22(33)29-21-17-8-16-9-18(21)12-26(10-16,11-17)37-24(27)34/h6-7,13,15-18,21H,8-12,14H2,1-5H3,(H2,27,34)(H,29,33)(H,30,32)/b7-6+/t16?,17?,18?,21-,26-. The zero-order chi connectivity index (χ0) is 27.0. The van der Waals surface area contributed by atoms with Crippen molar-refractivity contribution in [1.29, 1.82) is 0 Å². The van der Waals surface area contributed by atoms with Crippen molar-refractivity contribution in [3.05, 3.63) is 17.8 Å². The van der Waals surface area contributed by atoms with E-state index >= 15 is 0 Å². The van der Waals surface area contributed by atoms with Crippen molar-refractivity contribution in [2.75, 3.05) is 13.7 Å². The first kappa shape index (κ1) is 27.0. The average Bonchev–Trinajstić information content (AvgIpc) is 3.15. The molecule has 4 N–H and O–H groups in total. The monoisotopic (exact) mass is 517 g/mol. The van der Waals surface area contributed by atoms with Crippen molar-refractivity contribution in [3.63, 3.8) is 0 Å². The van der Waals surface area contributed by atoms with Gasteiger partial charge in [0.15, 0.2) is 0 Å². The van der Waals surface area contributed by atoms with Gasteiger partial charge in [0, 0.05) is 19.4 Å². The molecule has 11 heteroatoms. The van der Waals surface area contributed by atoms with E-state index in [1.54, 1.807) is 12.3 Å². The SMILES string of the molecule is COCC(=O)NC(C)(C)/C=C/n1ncc(C(=O)N[C@H]2C3CC4CC2C[C@](OC(N)=O)(C4)C3)c1OC(C)C. The fourth-order valence-corrected chi connectivity index (χ4v) is 6.53. The maximum atomic E-state index is 13.5. The molecular weight excluding hydrogens is 478 g/mol. The third kappa shape index (κ3) is 6.08. The van der Waals surface area contributed by atoms with Gasteiger partial charge in [-0.25, -0.2) is 9.48 Å². The average molecular weight is 518 g/mol. The molecule has 2 unspecified atom stereocenters. The number of amides is 3. The maximum absolute atomic E-state index is 13.5. The van der Waals surface area contributed by atoms with Crippen LogP contribution in [0.1, 0.15) is 70.2 Å². The van der Waals surface area contributed by atoms with E-state index in [-0.39, 0.29) is 42.4 Å². The first-order chi connectivity index (χ1) is 17.4. The summed E-state index contributed by atoms with van der Waals surface area (Å²) in [7, 11) is 1.46. The fourth-order valence-electron chi connectivity index (χ4n) is 6.53. The second kappa shape index (κ2) is 10.4. The highest BCUT2D eigenvalue weighted by Gasteiger charge is 2.57. The Morgan fingerprint density at radius 3 is 2.51 bits per heavy atom. The van der Waals surface area contributed by atoms with E-state index in [0.717, 1.165) is 32.1 Å². The molecule has 0 radical (unpaired) electrons. The van der Waals surface area contributed by atoms with Gasteiger partial charge >= 0.3 is 6.09 Å². The van der Waals surface area contributed by atoms with Gasteiger partial charge in [-0.15, -0.1) is 0 Å². The van der Waals surface area contributed by atoms with Crippen molar-refractivity contribution < 1.29 is 28.6 Å². The normalized spacial score (nSPS) is 28.5. The van der Waals surface area contributed by atoms with Gasteiger partial charge < -0.3 is 30.6 Å². The molecule has 4 aliphatic rings. The maximum Gasteiger partial charge on any atom is 0.405 e. The van der Waals surface area contributed by atoms with E-state index in [4.69, 9.17) is 19.9 Å². The lowest BCUT2D eigenvalue weighted by atomic mass is 9.52. The number of nitrogens with two attached hydrogens (primary N) is 1. The number of nitrogens with one attached hydrogen (secondary N) is 2. The Labute approximate surface area is 217 Å². The molecule has 4 fully saturated rings. The van der Waals surface area contributed by atoms with Crippen LogP contribution in [0.5, 0.6) is 5.88 Å². The number of carbonyl (C=O) groups excluding carboxylic acids is 3. The van der Waals surface area contributed by atoms with E-state index < -0.39 is 17.2 Å². The molecule has 204 valence electrons. The lowest BCUT2D eigenvalue weighted by molar-refractivity contribution is -0.137. The molecule has 1 aromatic rings. The predicted molar refractivity (Wildman–Crippen MR) is 136 cm³/mol. The summed E-state index contributed by atoms with van der Waals surface area (Å²) in [5, 5.41) is 10.5. The smallest absolute Gasteiger partial charge is 0.405 e. The molecule has 4 saturated carbocycles. The molecule has 0 saturated heterocycles. The van der Waals surface area contributed by atoms with Crippen molar-refractivity contribution in [2.24, 2.45) is 23.5 Å². The molecule has 3 amide bonds. The summed E-state index contributed by atoms with van der Waals surface area (Å²) >= 11 is 0.